The Labute approximate surface area is 142 Å². The van der Waals surface area contributed by atoms with E-state index in [0.717, 1.165) is 0 Å². The number of nitrogens with zero attached hydrogens (tertiary/aromatic N) is 6. The molecule has 8 heteroatoms. The van der Waals surface area contributed by atoms with Gasteiger partial charge in [0.25, 0.3) is 5.56 Å². The number of rotatable bonds is 2. The minimum Gasteiger partial charge on any atom is -0.284 e. The van der Waals surface area contributed by atoms with Crippen molar-refractivity contribution >= 4 is 21.6 Å². The van der Waals surface area contributed by atoms with Crippen LogP contribution in [0.5, 0.6) is 0 Å². The number of aromatic nitrogens is 6. The standard InChI is InChI=1S/C15H19BrN6O/c1-9(2)21-12(10-6-7-20(18-10)15(3,4)5)19-22-11(16)8-17-13(22)14(21)23/h6-9H,1-5H3. The van der Waals surface area contributed by atoms with Crippen LogP contribution in [0.15, 0.2) is 27.9 Å². The maximum Gasteiger partial charge on any atom is 0.297 e. The largest absolute Gasteiger partial charge is 0.297 e. The van der Waals surface area contributed by atoms with Gasteiger partial charge in [0, 0.05) is 12.2 Å². The molecule has 0 N–H and O–H groups in total. The molecule has 0 aliphatic rings. The molecule has 122 valence electrons. The first kappa shape index (κ1) is 15.9. The van der Waals surface area contributed by atoms with E-state index < -0.39 is 0 Å². The Morgan fingerprint density at radius 1 is 1.22 bits per heavy atom. The van der Waals surface area contributed by atoms with Crippen molar-refractivity contribution in [3.8, 4) is 11.5 Å². The van der Waals surface area contributed by atoms with Crippen molar-refractivity contribution in [3.05, 3.63) is 33.4 Å². The lowest BCUT2D eigenvalue weighted by atomic mass is 10.1. The first-order valence-electron chi connectivity index (χ1n) is 7.42. The van der Waals surface area contributed by atoms with Gasteiger partial charge in [-0.1, -0.05) is 0 Å². The summed E-state index contributed by atoms with van der Waals surface area (Å²) in [7, 11) is 0. The van der Waals surface area contributed by atoms with Crippen LogP contribution in [0.4, 0.5) is 0 Å². The van der Waals surface area contributed by atoms with Crippen molar-refractivity contribution in [3.63, 3.8) is 0 Å². The molecule has 3 aromatic rings. The minimum atomic E-state index is -0.180. The van der Waals surface area contributed by atoms with Crippen molar-refractivity contribution in [2.75, 3.05) is 0 Å². The summed E-state index contributed by atoms with van der Waals surface area (Å²) in [5.41, 5.74) is 0.639. The van der Waals surface area contributed by atoms with E-state index in [9.17, 15) is 4.79 Å². The first-order valence-corrected chi connectivity index (χ1v) is 8.21. The Balaban J connectivity index is 2.31. The molecule has 0 saturated heterocycles. The zero-order valence-corrected chi connectivity index (χ0v) is 15.4. The minimum absolute atomic E-state index is 0.0507. The van der Waals surface area contributed by atoms with E-state index in [-0.39, 0.29) is 17.1 Å². The molecule has 0 aliphatic heterocycles. The van der Waals surface area contributed by atoms with Gasteiger partial charge in [-0.25, -0.2) is 4.98 Å². The molecule has 23 heavy (non-hydrogen) atoms. The quantitative estimate of drug-likeness (QED) is 0.687. The van der Waals surface area contributed by atoms with E-state index in [2.05, 4.69) is 51.9 Å². The van der Waals surface area contributed by atoms with Crippen LogP contribution in [0.2, 0.25) is 0 Å². The zero-order valence-electron chi connectivity index (χ0n) is 13.8. The highest BCUT2D eigenvalue weighted by atomic mass is 79.9. The Bertz CT molecular complexity index is 928. The number of hydrogen-bond acceptors (Lipinski definition) is 4. The van der Waals surface area contributed by atoms with Gasteiger partial charge in [0.2, 0.25) is 5.65 Å². The SMILES string of the molecule is CC(C)n1c(-c2ccn(C(C)(C)C)n2)nn2c(Br)cnc2c1=O. The van der Waals surface area contributed by atoms with E-state index in [1.807, 2.05) is 30.8 Å². The molecule has 0 saturated carbocycles. The summed E-state index contributed by atoms with van der Waals surface area (Å²) in [4.78, 5) is 16.9. The van der Waals surface area contributed by atoms with Crippen LogP contribution in [0.25, 0.3) is 17.2 Å². The Morgan fingerprint density at radius 2 is 1.91 bits per heavy atom. The topological polar surface area (TPSA) is 70.0 Å². The van der Waals surface area contributed by atoms with Gasteiger partial charge in [-0.15, -0.1) is 5.10 Å². The molecule has 0 aromatic carbocycles. The van der Waals surface area contributed by atoms with Crippen LogP contribution >= 0.6 is 15.9 Å². The number of imidazole rings is 1. The lowest BCUT2D eigenvalue weighted by molar-refractivity contribution is 0.356. The molecule has 0 unspecified atom stereocenters. The zero-order chi connectivity index (χ0) is 16.9. The lowest BCUT2D eigenvalue weighted by Crippen LogP contribution is -2.28. The maximum absolute atomic E-state index is 12.8. The van der Waals surface area contributed by atoms with Crippen LogP contribution in [-0.4, -0.2) is 28.9 Å². The van der Waals surface area contributed by atoms with E-state index in [1.165, 1.54) is 4.52 Å². The van der Waals surface area contributed by atoms with Crippen LogP contribution in [0.3, 0.4) is 0 Å². The summed E-state index contributed by atoms with van der Waals surface area (Å²) < 4.78 is 5.64. The first-order chi connectivity index (χ1) is 10.7. The van der Waals surface area contributed by atoms with Gasteiger partial charge in [0.05, 0.1) is 11.7 Å². The maximum atomic E-state index is 12.8. The third-order valence-corrected chi connectivity index (χ3v) is 4.09. The summed E-state index contributed by atoms with van der Waals surface area (Å²) in [6, 6.07) is 1.83. The van der Waals surface area contributed by atoms with Gasteiger partial charge in [-0.3, -0.25) is 14.0 Å². The summed E-state index contributed by atoms with van der Waals surface area (Å²) >= 11 is 3.37. The van der Waals surface area contributed by atoms with Crippen molar-refractivity contribution < 1.29 is 0 Å². The van der Waals surface area contributed by atoms with Crippen LogP contribution in [-0.2, 0) is 5.54 Å². The van der Waals surface area contributed by atoms with E-state index in [4.69, 9.17) is 0 Å². The normalized spacial score (nSPS) is 12.5. The second-order valence-electron chi connectivity index (χ2n) is 6.73. The highest BCUT2D eigenvalue weighted by Gasteiger charge is 2.21. The van der Waals surface area contributed by atoms with Crippen LogP contribution in [0.1, 0.15) is 40.7 Å². The Morgan fingerprint density at radius 3 is 2.48 bits per heavy atom. The van der Waals surface area contributed by atoms with E-state index in [1.54, 1.807) is 10.8 Å². The highest BCUT2D eigenvalue weighted by Crippen LogP contribution is 2.21. The molecule has 3 heterocycles. The summed E-state index contributed by atoms with van der Waals surface area (Å²) in [6.07, 6.45) is 3.48. The number of fused-ring (bicyclic) bond motifs is 1. The van der Waals surface area contributed by atoms with Gasteiger partial charge in [-0.05, 0) is 56.6 Å². The number of halogens is 1. The van der Waals surface area contributed by atoms with Crippen molar-refractivity contribution in [1.82, 2.24) is 28.9 Å². The molecule has 0 radical (unpaired) electrons. The summed E-state index contributed by atoms with van der Waals surface area (Å²) in [6.45, 7) is 10.1. The highest BCUT2D eigenvalue weighted by molar-refractivity contribution is 9.10. The molecule has 3 rings (SSSR count). The molecule has 0 aliphatic carbocycles. The predicted molar refractivity (Wildman–Crippen MR) is 91.5 cm³/mol. The average molecular weight is 379 g/mol. The number of hydrogen-bond donors (Lipinski definition) is 0. The second-order valence-corrected chi connectivity index (χ2v) is 7.54. The fraction of sp³-hybridized carbons (Fsp3) is 0.467. The molecule has 7 nitrogen and oxygen atoms in total. The Hall–Kier alpha value is -1.96. The van der Waals surface area contributed by atoms with Crippen molar-refractivity contribution in [2.45, 2.75) is 46.2 Å². The molecular weight excluding hydrogens is 360 g/mol. The average Bonchev–Trinajstić information content (AvgIpc) is 3.05. The predicted octanol–water partition coefficient (Wildman–Crippen LogP) is 2.85. The van der Waals surface area contributed by atoms with Gasteiger partial charge >= 0.3 is 0 Å². The monoisotopic (exact) mass is 378 g/mol. The van der Waals surface area contributed by atoms with E-state index in [0.29, 0.717) is 21.8 Å². The molecule has 0 atom stereocenters. The fourth-order valence-corrected chi connectivity index (χ4v) is 2.73. The Kier molecular flexibility index (Phi) is 3.66. The smallest absolute Gasteiger partial charge is 0.284 e. The van der Waals surface area contributed by atoms with Crippen LogP contribution < -0.4 is 5.56 Å². The third-order valence-electron chi connectivity index (χ3n) is 3.55. The molecule has 0 spiro atoms. The van der Waals surface area contributed by atoms with Gasteiger partial charge in [0.1, 0.15) is 10.3 Å². The van der Waals surface area contributed by atoms with Crippen LogP contribution in [0, 0.1) is 0 Å². The van der Waals surface area contributed by atoms with Gasteiger partial charge in [-0.2, -0.15) is 9.61 Å². The van der Waals surface area contributed by atoms with Gasteiger partial charge < -0.3 is 0 Å². The van der Waals surface area contributed by atoms with Crippen molar-refractivity contribution in [1.29, 1.82) is 0 Å². The lowest BCUT2D eigenvalue weighted by Gasteiger charge is -2.19. The molecular formula is C15H19BrN6O. The van der Waals surface area contributed by atoms with Crippen molar-refractivity contribution in [2.24, 2.45) is 0 Å². The third kappa shape index (κ3) is 2.60. The van der Waals surface area contributed by atoms with E-state index >= 15 is 0 Å². The fourth-order valence-electron chi connectivity index (χ4n) is 2.38. The summed E-state index contributed by atoms with van der Waals surface area (Å²) in [5, 5.41) is 9.18. The second kappa shape index (κ2) is 5.30. The molecule has 0 bridgehead atoms. The molecule has 3 aromatic heterocycles. The molecule has 0 fully saturated rings. The molecule has 0 amide bonds. The summed E-state index contributed by atoms with van der Waals surface area (Å²) in [5.74, 6) is 0.527. The van der Waals surface area contributed by atoms with Gasteiger partial charge in [0.15, 0.2) is 5.82 Å².